The Morgan fingerprint density at radius 3 is 2.65 bits per heavy atom. The average Bonchev–Trinajstić information content (AvgIpc) is 2.34. The Morgan fingerprint density at radius 2 is 2.00 bits per heavy atom. The van der Waals surface area contributed by atoms with Crippen LogP contribution in [0.2, 0.25) is 0 Å². The van der Waals surface area contributed by atoms with Gasteiger partial charge in [0.1, 0.15) is 5.75 Å². The average molecular weight is 237 g/mol. The third kappa shape index (κ3) is 4.14. The zero-order valence-corrected chi connectivity index (χ0v) is 9.64. The zero-order valence-electron chi connectivity index (χ0n) is 9.64. The van der Waals surface area contributed by atoms with Gasteiger partial charge in [-0.25, -0.2) is 4.79 Å². The summed E-state index contributed by atoms with van der Waals surface area (Å²) in [4.78, 5) is 22.3. The maximum Gasteiger partial charge on any atom is 0.344 e. The topological polar surface area (TPSA) is 78.6 Å². The van der Waals surface area contributed by atoms with E-state index in [2.05, 4.69) is 0 Å². The van der Waals surface area contributed by atoms with Crippen LogP contribution in [0.15, 0.2) is 24.3 Å². The van der Waals surface area contributed by atoms with Crippen molar-refractivity contribution in [2.45, 2.75) is 13.3 Å². The van der Waals surface area contributed by atoms with Gasteiger partial charge in [0.05, 0.1) is 12.2 Å². The summed E-state index contributed by atoms with van der Waals surface area (Å²) < 4.78 is 10.0. The lowest BCUT2D eigenvalue weighted by Gasteiger charge is -2.08. The summed E-state index contributed by atoms with van der Waals surface area (Å²) in [7, 11) is 0. The van der Waals surface area contributed by atoms with Gasteiger partial charge in [-0.1, -0.05) is 19.1 Å². The van der Waals surface area contributed by atoms with E-state index in [4.69, 9.17) is 15.2 Å². The molecule has 0 aliphatic heterocycles. The molecule has 5 heteroatoms. The molecular formula is C12H15NO4. The SMILES string of the molecule is CCCOC(=O)COc1ccccc1C(N)=O. The Morgan fingerprint density at radius 1 is 1.29 bits per heavy atom. The van der Waals surface area contributed by atoms with E-state index in [0.29, 0.717) is 6.61 Å². The molecule has 0 saturated carbocycles. The van der Waals surface area contributed by atoms with Crippen molar-refractivity contribution in [2.24, 2.45) is 5.73 Å². The van der Waals surface area contributed by atoms with E-state index >= 15 is 0 Å². The summed E-state index contributed by atoms with van der Waals surface area (Å²) in [6.45, 7) is 2.03. The highest BCUT2D eigenvalue weighted by atomic mass is 16.6. The molecule has 0 aromatic heterocycles. The quantitative estimate of drug-likeness (QED) is 0.752. The van der Waals surface area contributed by atoms with Gasteiger partial charge in [0.2, 0.25) is 0 Å². The Labute approximate surface area is 99.5 Å². The fourth-order valence-corrected chi connectivity index (χ4v) is 1.19. The largest absolute Gasteiger partial charge is 0.481 e. The first kappa shape index (κ1) is 13.0. The highest BCUT2D eigenvalue weighted by Gasteiger charge is 2.10. The molecule has 1 rings (SSSR count). The molecule has 1 aromatic rings. The number of primary amides is 1. The van der Waals surface area contributed by atoms with Gasteiger partial charge >= 0.3 is 5.97 Å². The van der Waals surface area contributed by atoms with E-state index in [-0.39, 0.29) is 17.9 Å². The molecule has 0 fully saturated rings. The van der Waals surface area contributed by atoms with Gasteiger partial charge in [-0.05, 0) is 18.6 Å². The minimum Gasteiger partial charge on any atom is -0.481 e. The molecule has 0 heterocycles. The molecule has 0 bridgehead atoms. The zero-order chi connectivity index (χ0) is 12.7. The molecule has 5 nitrogen and oxygen atoms in total. The highest BCUT2D eigenvalue weighted by Crippen LogP contribution is 2.16. The van der Waals surface area contributed by atoms with Crippen molar-refractivity contribution < 1.29 is 19.1 Å². The van der Waals surface area contributed by atoms with Gasteiger partial charge in [-0.15, -0.1) is 0 Å². The maximum absolute atomic E-state index is 11.2. The van der Waals surface area contributed by atoms with Crippen LogP contribution in [0, 0.1) is 0 Å². The fraction of sp³-hybridized carbons (Fsp3) is 0.333. The van der Waals surface area contributed by atoms with Crippen LogP contribution in [-0.4, -0.2) is 25.1 Å². The van der Waals surface area contributed by atoms with Gasteiger partial charge < -0.3 is 15.2 Å². The first-order valence-corrected chi connectivity index (χ1v) is 5.32. The number of carbonyl (C=O) groups is 2. The van der Waals surface area contributed by atoms with Crippen LogP contribution in [-0.2, 0) is 9.53 Å². The first-order chi connectivity index (χ1) is 8.15. The smallest absolute Gasteiger partial charge is 0.344 e. The second-order valence-corrected chi connectivity index (χ2v) is 3.37. The molecule has 17 heavy (non-hydrogen) atoms. The Hall–Kier alpha value is -2.04. The van der Waals surface area contributed by atoms with Crippen molar-refractivity contribution in [1.82, 2.24) is 0 Å². The van der Waals surface area contributed by atoms with Crippen LogP contribution < -0.4 is 10.5 Å². The summed E-state index contributed by atoms with van der Waals surface area (Å²) in [5, 5.41) is 0. The van der Waals surface area contributed by atoms with E-state index < -0.39 is 11.9 Å². The van der Waals surface area contributed by atoms with Crippen LogP contribution in [0.4, 0.5) is 0 Å². The maximum atomic E-state index is 11.2. The second-order valence-electron chi connectivity index (χ2n) is 3.37. The van der Waals surface area contributed by atoms with Crippen molar-refractivity contribution in [3.63, 3.8) is 0 Å². The Kier molecular flexibility index (Phi) is 5.00. The first-order valence-electron chi connectivity index (χ1n) is 5.32. The van der Waals surface area contributed by atoms with Crippen molar-refractivity contribution >= 4 is 11.9 Å². The highest BCUT2D eigenvalue weighted by molar-refractivity contribution is 5.95. The third-order valence-corrected chi connectivity index (χ3v) is 1.97. The molecule has 0 spiro atoms. The lowest BCUT2D eigenvalue weighted by atomic mass is 10.2. The molecule has 0 aliphatic carbocycles. The summed E-state index contributed by atoms with van der Waals surface area (Å²) in [5.41, 5.74) is 5.41. The number of hydrogen-bond donors (Lipinski definition) is 1. The number of esters is 1. The number of carbonyl (C=O) groups excluding carboxylic acids is 2. The van der Waals surface area contributed by atoms with Crippen molar-refractivity contribution in [3.8, 4) is 5.75 Å². The molecule has 2 N–H and O–H groups in total. The number of ether oxygens (including phenoxy) is 2. The fourth-order valence-electron chi connectivity index (χ4n) is 1.19. The standard InChI is InChI=1S/C12H15NO4/c1-2-7-16-11(14)8-17-10-6-4-3-5-9(10)12(13)15/h3-6H,2,7-8H2,1H3,(H2,13,15). The van der Waals surface area contributed by atoms with Crippen molar-refractivity contribution in [2.75, 3.05) is 13.2 Å². The molecule has 1 aromatic carbocycles. The van der Waals surface area contributed by atoms with Gasteiger partial charge in [0, 0.05) is 0 Å². The summed E-state index contributed by atoms with van der Waals surface area (Å²) >= 11 is 0. The number of amides is 1. The number of benzene rings is 1. The molecule has 0 radical (unpaired) electrons. The second kappa shape index (κ2) is 6.52. The number of hydrogen-bond acceptors (Lipinski definition) is 4. The molecule has 0 atom stereocenters. The predicted molar refractivity (Wildman–Crippen MR) is 61.7 cm³/mol. The van der Waals surface area contributed by atoms with Crippen LogP contribution in [0.1, 0.15) is 23.7 Å². The lowest BCUT2D eigenvalue weighted by Crippen LogP contribution is -2.18. The van der Waals surface area contributed by atoms with Gasteiger partial charge in [0.15, 0.2) is 6.61 Å². The van der Waals surface area contributed by atoms with E-state index in [1.807, 2.05) is 6.92 Å². The van der Waals surface area contributed by atoms with Gasteiger partial charge in [0.25, 0.3) is 5.91 Å². The summed E-state index contributed by atoms with van der Waals surface area (Å²) in [5.74, 6) is -0.776. The van der Waals surface area contributed by atoms with Crippen LogP contribution >= 0.6 is 0 Å². The monoisotopic (exact) mass is 237 g/mol. The van der Waals surface area contributed by atoms with E-state index in [9.17, 15) is 9.59 Å². The van der Waals surface area contributed by atoms with Gasteiger partial charge in [-0.2, -0.15) is 0 Å². The Bertz CT molecular complexity index is 403. The van der Waals surface area contributed by atoms with Gasteiger partial charge in [-0.3, -0.25) is 4.79 Å². The third-order valence-electron chi connectivity index (χ3n) is 1.97. The number of nitrogens with two attached hydrogens (primary N) is 1. The van der Waals surface area contributed by atoms with Crippen LogP contribution in [0.5, 0.6) is 5.75 Å². The number of para-hydroxylation sites is 1. The van der Waals surface area contributed by atoms with E-state index in [0.717, 1.165) is 6.42 Å². The molecule has 0 saturated heterocycles. The summed E-state index contributed by atoms with van der Waals surface area (Å²) in [6, 6.07) is 6.48. The summed E-state index contributed by atoms with van der Waals surface area (Å²) in [6.07, 6.45) is 0.754. The Balaban J connectivity index is 2.57. The minimum absolute atomic E-state index is 0.232. The molecule has 92 valence electrons. The van der Waals surface area contributed by atoms with E-state index in [1.165, 1.54) is 6.07 Å². The lowest BCUT2D eigenvalue weighted by molar-refractivity contribution is -0.146. The minimum atomic E-state index is -0.595. The molecule has 1 amide bonds. The van der Waals surface area contributed by atoms with Crippen LogP contribution in [0.3, 0.4) is 0 Å². The van der Waals surface area contributed by atoms with Crippen LogP contribution in [0.25, 0.3) is 0 Å². The molecule has 0 unspecified atom stereocenters. The molecular weight excluding hydrogens is 222 g/mol. The normalized spacial score (nSPS) is 9.71. The van der Waals surface area contributed by atoms with Crippen molar-refractivity contribution in [3.05, 3.63) is 29.8 Å². The van der Waals surface area contributed by atoms with E-state index in [1.54, 1.807) is 18.2 Å². The number of rotatable bonds is 6. The predicted octanol–water partition coefficient (Wildman–Crippen LogP) is 1.12. The van der Waals surface area contributed by atoms with Crippen molar-refractivity contribution in [1.29, 1.82) is 0 Å². The molecule has 0 aliphatic rings.